The molecular weight excluding hydrogens is 330 g/mol. The summed E-state index contributed by atoms with van der Waals surface area (Å²) >= 11 is 0. The van der Waals surface area contributed by atoms with E-state index in [2.05, 4.69) is 5.32 Å². The Hall–Kier alpha value is -2.73. The van der Waals surface area contributed by atoms with Gasteiger partial charge in [0, 0.05) is 55.7 Å². The zero-order chi connectivity index (χ0) is 18.1. The number of amides is 3. The van der Waals surface area contributed by atoms with E-state index in [4.69, 9.17) is 0 Å². The summed E-state index contributed by atoms with van der Waals surface area (Å²) in [7, 11) is 0. The fourth-order valence-electron chi connectivity index (χ4n) is 3.74. The molecular formula is C20H21N3O3. The van der Waals surface area contributed by atoms with Crippen molar-refractivity contribution in [3.8, 4) is 0 Å². The maximum Gasteiger partial charge on any atom is 0.261 e. The van der Waals surface area contributed by atoms with Crippen molar-refractivity contribution in [1.82, 2.24) is 15.1 Å². The fourth-order valence-corrected chi connectivity index (χ4v) is 3.74. The number of carbonyl (C=O) groups excluding carboxylic acids is 3. The molecule has 0 spiro atoms. The molecule has 134 valence electrons. The molecule has 0 aliphatic carbocycles. The highest BCUT2D eigenvalue weighted by molar-refractivity contribution is 6.25. The second-order valence-electron chi connectivity index (χ2n) is 6.71. The summed E-state index contributed by atoms with van der Waals surface area (Å²) in [5, 5.41) is 4.85. The van der Waals surface area contributed by atoms with Crippen LogP contribution in [0.3, 0.4) is 0 Å². The third-order valence-corrected chi connectivity index (χ3v) is 5.10. The van der Waals surface area contributed by atoms with Crippen molar-refractivity contribution in [1.29, 1.82) is 0 Å². The third-order valence-electron chi connectivity index (χ3n) is 5.10. The molecule has 2 aliphatic rings. The van der Waals surface area contributed by atoms with E-state index in [1.807, 2.05) is 29.2 Å². The van der Waals surface area contributed by atoms with Crippen molar-refractivity contribution in [2.45, 2.75) is 12.8 Å². The first-order valence-corrected chi connectivity index (χ1v) is 9.03. The van der Waals surface area contributed by atoms with Crippen LogP contribution in [0.5, 0.6) is 0 Å². The molecule has 0 radical (unpaired) electrons. The number of hydrogen-bond acceptors (Lipinski definition) is 4. The average molecular weight is 351 g/mol. The van der Waals surface area contributed by atoms with Crippen molar-refractivity contribution < 1.29 is 14.4 Å². The highest BCUT2D eigenvalue weighted by atomic mass is 16.2. The maximum atomic E-state index is 12.8. The van der Waals surface area contributed by atoms with E-state index in [9.17, 15) is 14.4 Å². The van der Waals surface area contributed by atoms with Gasteiger partial charge in [0.25, 0.3) is 11.8 Å². The summed E-state index contributed by atoms with van der Waals surface area (Å²) in [6, 6.07) is 11.0. The quantitative estimate of drug-likeness (QED) is 0.851. The predicted octanol–water partition coefficient (Wildman–Crippen LogP) is 1.65. The van der Waals surface area contributed by atoms with Crippen LogP contribution in [0, 0.1) is 0 Å². The standard InChI is InChI=1S/C20H21N3O3/c24-17(22-12-9-21-10-13-22)8-3-11-23-19(25)15-6-1-4-14-5-2-7-16(18(14)15)20(23)26/h1-2,4-7,21H,3,8-13H2. The van der Waals surface area contributed by atoms with Gasteiger partial charge in [0.2, 0.25) is 5.91 Å². The Morgan fingerprint density at radius 3 is 2.19 bits per heavy atom. The number of nitrogens with zero attached hydrogens (tertiary/aromatic N) is 2. The SMILES string of the molecule is O=C(CCCN1C(=O)c2cccc3cccc(c23)C1=O)N1CCNCC1. The van der Waals surface area contributed by atoms with Crippen molar-refractivity contribution in [3.63, 3.8) is 0 Å². The highest BCUT2D eigenvalue weighted by Crippen LogP contribution is 2.30. The van der Waals surface area contributed by atoms with Crippen molar-refractivity contribution in [2.24, 2.45) is 0 Å². The van der Waals surface area contributed by atoms with E-state index in [0.717, 1.165) is 37.0 Å². The molecule has 0 aromatic heterocycles. The van der Waals surface area contributed by atoms with Gasteiger partial charge in [-0.25, -0.2) is 0 Å². The van der Waals surface area contributed by atoms with Crippen LogP contribution in [0.15, 0.2) is 36.4 Å². The number of rotatable bonds is 4. The van der Waals surface area contributed by atoms with Gasteiger partial charge in [0.15, 0.2) is 0 Å². The Bertz CT molecular complexity index is 836. The lowest BCUT2D eigenvalue weighted by Gasteiger charge is -2.29. The van der Waals surface area contributed by atoms with Crippen LogP contribution in [0.4, 0.5) is 0 Å². The van der Waals surface area contributed by atoms with Crippen LogP contribution in [-0.2, 0) is 4.79 Å². The van der Waals surface area contributed by atoms with Crippen molar-refractivity contribution >= 4 is 28.5 Å². The molecule has 2 aromatic rings. The summed E-state index contributed by atoms with van der Waals surface area (Å²) in [5.41, 5.74) is 1.12. The monoisotopic (exact) mass is 351 g/mol. The number of piperazine rings is 1. The molecule has 2 heterocycles. The molecule has 2 aliphatic heterocycles. The Labute approximate surface area is 151 Å². The summed E-state index contributed by atoms with van der Waals surface area (Å²) in [6.45, 7) is 3.33. The normalized spacial score (nSPS) is 17.1. The molecule has 0 atom stereocenters. The lowest BCUT2D eigenvalue weighted by atomic mass is 9.94. The highest BCUT2D eigenvalue weighted by Gasteiger charge is 2.32. The number of benzene rings is 2. The lowest BCUT2D eigenvalue weighted by Crippen LogP contribution is -2.46. The molecule has 3 amide bonds. The van der Waals surface area contributed by atoms with Crippen LogP contribution < -0.4 is 5.32 Å². The minimum Gasteiger partial charge on any atom is -0.340 e. The third kappa shape index (κ3) is 2.86. The van der Waals surface area contributed by atoms with E-state index in [1.165, 1.54) is 4.90 Å². The van der Waals surface area contributed by atoms with Crippen LogP contribution in [0.2, 0.25) is 0 Å². The van der Waals surface area contributed by atoms with E-state index in [0.29, 0.717) is 24.0 Å². The van der Waals surface area contributed by atoms with Gasteiger partial charge in [-0.05, 0) is 23.9 Å². The molecule has 1 saturated heterocycles. The van der Waals surface area contributed by atoms with Gasteiger partial charge in [0.1, 0.15) is 0 Å². The number of nitrogens with one attached hydrogen (secondary N) is 1. The minimum absolute atomic E-state index is 0.0888. The molecule has 2 aromatic carbocycles. The van der Waals surface area contributed by atoms with Gasteiger partial charge in [-0.15, -0.1) is 0 Å². The molecule has 6 nitrogen and oxygen atoms in total. The second kappa shape index (κ2) is 6.88. The molecule has 0 saturated carbocycles. The zero-order valence-electron chi connectivity index (χ0n) is 14.5. The Balaban J connectivity index is 1.47. The van der Waals surface area contributed by atoms with Crippen LogP contribution in [0.1, 0.15) is 33.6 Å². The second-order valence-corrected chi connectivity index (χ2v) is 6.71. The van der Waals surface area contributed by atoms with Gasteiger partial charge in [-0.2, -0.15) is 0 Å². The maximum absolute atomic E-state index is 12.8. The number of hydrogen-bond donors (Lipinski definition) is 1. The van der Waals surface area contributed by atoms with Gasteiger partial charge in [-0.3, -0.25) is 19.3 Å². The van der Waals surface area contributed by atoms with Crippen LogP contribution >= 0.6 is 0 Å². The average Bonchev–Trinajstić information content (AvgIpc) is 2.69. The molecule has 1 fully saturated rings. The number of carbonyl (C=O) groups is 3. The summed E-state index contributed by atoms with van der Waals surface area (Å²) in [4.78, 5) is 41.0. The summed E-state index contributed by atoms with van der Waals surface area (Å²) in [5.74, 6) is -0.450. The molecule has 26 heavy (non-hydrogen) atoms. The first-order chi connectivity index (χ1) is 12.7. The topological polar surface area (TPSA) is 69.7 Å². The molecule has 4 rings (SSSR count). The lowest BCUT2D eigenvalue weighted by molar-refractivity contribution is -0.131. The first kappa shape index (κ1) is 16.7. The van der Waals surface area contributed by atoms with E-state index < -0.39 is 0 Å². The number of imide groups is 1. The van der Waals surface area contributed by atoms with Crippen molar-refractivity contribution in [3.05, 3.63) is 47.5 Å². The molecule has 0 unspecified atom stereocenters. The molecule has 0 bridgehead atoms. The van der Waals surface area contributed by atoms with E-state index >= 15 is 0 Å². The van der Waals surface area contributed by atoms with Crippen LogP contribution in [0.25, 0.3) is 10.8 Å². The van der Waals surface area contributed by atoms with Gasteiger partial charge < -0.3 is 10.2 Å². The van der Waals surface area contributed by atoms with Gasteiger partial charge in [-0.1, -0.05) is 24.3 Å². The summed E-state index contributed by atoms with van der Waals surface area (Å²) in [6.07, 6.45) is 0.835. The van der Waals surface area contributed by atoms with Crippen LogP contribution in [-0.4, -0.2) is 60.2 Å². The predicted molar refractivity (Wildman–Crippen MR) is 98.0 cm³/mol. The van der Waals surface area contributed by atoms with Gasteiger partial charge >= 0.3 is 0 Å². The molecule has 6 heteroatoms. The zero-order valence-corrected chi connectivity index (χ0v) is 14.5. The Kier molecular flexibility index (Phi) is 4.42. The Morgan fingerprint density at radius 1 is 0.962 bits per heavy atom. The Morgan fingerprint density at radius 2 is 1.58 bits per heavy atom. The minimum atomic E-state index is -0.270. The van der Waals surface area contributed by atoms with E-state index in [1.54, 1.807) is 12.1 Å². The van der Waals surface area contributed by atoms with E-state index in [-0.39, 0.29) is 24.3 Å². The largest absolute Gasteiger partial charge is 0.340 e. The summed E-state index contributed by atoms with van der Waals surface area (Å²) < 4.78 is 0. The fraction of sp³-hybridized carbons (Fsp3) is 0.350. The smallest absolute Gasteiger partial charge is 0.261 e. The first-order valence-electron chi connectivity index (χ1n) is 9.03. The molecule has 1 N–H and O–H groups in total. The van der Waals surface area contributed by atoms with Crippen molar-refractivity contribution in [2.75, 3.05) is 32.7 Å². The van der Waals surface area contributed by atoms with Gasteiger partial charge in [0.05, 0.1) is 0 Å².